The maximum Gasteiger partial charge on any atom is 0.0468 e. The van der Waals surface area contributed by atoms with Crippen LogP contribution in [0.5, 0.6) is 0 Å². The van der Waals surface area contributed by atoms with Gasteiger partial charge in [-0.1, -0.05) is 145 Å². The molecule has 0 fully saturated rings. The van der Waals surface area contributed by atoms with Gasteiger partial charge in [-0.3, -0.25) is 0 Å². The summed E-state index contributed by atoms with van der Waals surface area (Å²) in [4.78, 5) is 2.36. The zero-order chi connectivity index (χ0) is 31.7. The summed E-state index contributed by atoms with van der Waals surface area (Å²) in [6, 6.07) is 61.7. The molecule has 0 bridgehead atoms. The lowest BCUT2D eigenvalue weighted by atomic mass is 9.94. The first kappa shape index (κ1) is 28.5. The van der Waals surface area contributed by atoms with Gasteiger partial charge in [0.1, 0.15) is 0 Å². The van der Waals surface area contributed by atoms with E-state index in [2.05, 4.69) is 195 Å². The molecular weight excluding hydrogens is 567 g/mol. The van der Waals surface area contributed by atoms with Crippen LogP contribution in [0.4, 0.5) is 17.1 Å². The molecule has 8 aromatic carbocycles. The SMILES string of the molecule is Cc1ccc(C(=Cc2ccc(N(c3ccccc3)c3ccc4c5ccccc5c5ccccc5c4c3)cc2)c2ccc(C)cc2)cc1. The lowest BCUT2D eigenvalue weighted by Crippen LogP contribution is -2.09. The molecule has 0 saturated carbocycles. The fourth-order valence-corrected chi connectivity index (χ4v) is 6.74. The minimum Gasteiger partial charge on any atom is -0.310 e. The molecule has 224 valence electrons. The lowest BCUT2D eigenvalue weighted by molar-refractivity contribution is 1.29. The van der Waals surface area contributed by atoms with Gasteiger partial charge in [-0.25, -0.2) is 0 Å². The van der Waals surface area contributed by atoms with Crippen molar-refractivity contribution in [3.63, 3.8) is 0 Å². The van der Waals surface area contributed by atoms with E-state index in [1.807, 2.05) is 0 Å². The van der Waals surface area contributed by atoms with Crippen LogP contribution in [-0.2, 0) is 0 Å². The molecule has 0 saturated heterocycles. The predicted molar refractivity (Wildman–Crippen MR) is 203 cm³/mol. The Morgan fingerprint density at radius 2 is 0.809 bits per heavy atom. The summed E-state index contributed by atoms with van der Waals surface area (Å²) in [5, 5.41) is 7.68. The minimum atomic E-state index is 1.12. The van der Waals surface area contributed by atoms with E-state index in [0.29, 0.717) is 0 Å². The van der Waals surface area contributed by atoms with Crippen LogP contribution in [0.3, 0.4) is 0 Å². The standard InChI is InChI=1S/C46H35N/c1-32-16-22-35(23-17-32)45(36-24-18-33(2)19-25-36)30-34-20-26-38(27-21-34)47(37-10-4-3-5-11-37)39-28-29-44-42-14-7-6-12-40(42)41-13-8-9-15-43(41)46(44)31-39/h3-31H,1-2H3. The molecule has 0 aromatic heterocycles. The van der Waals surface area contributed by atoms with Crippen LogP contribution in [0, 0.1) is 13.8 Å². The monoisotopic (exact) mass is 601 g/mol. The van der Waals surface area contributed by atoms with Gasteiger partial charge in [0.2, 0.25) is 0 Å². The van der Waals surface area contributed by atoms with E-state index in [1.165, 1.54) is 60.1 Å². The Morgan fingerprint density at radius 3 is 1.34 bits per heavy atom. The first-order valence-corrected chi connectivity index (χ1v) is 16.3. The van der Waals surface area contributed by atoms with Crippen molar-refractivity contribution < 1.29 is 0 Å². The van der Waals surface area contributed by atoms with Gasteiger partial charge in [0.15, 0.2) is 0 Å². The van der Waals surface area contributed by atoms with Gasteiger partial charge in [-0.2, -0.15) is 0 Å². The number of para-hydroxylation sites is 1. The summed E-state index contributed by atoms with van der Waals surface area (Å²) in [6.45, 7) is 4.27. The van der Waals surface area contributed by atoms with Crippen LogP contribution >= 0.6 is 0 Å². The number of nitrogens with zero attached hydrogens (tertiary/aromatic N) is 1. The number of anilines is 3. The second-order valence-corrected chi connectivity index (χ2v) is 12.4. The van der Waals surface area contributed by atoms with Gasteiger partial charge in [0, 0.05) is 17.1 Å². The van der Waals surface area contributed by atoms with E-state index in [0.717, 1.165) is 22.6 Å². The molecule has 0 amide bonds. The summed E-state index contributed by atoms with van der Waals surface area (Å²) in [5.74, 6) is 0. The zero-order valence-corrected chi connectivity index (χ0v) is 26.7. The Kier molecular flexibility index (Phi) is 7.36. The van der Waals surface area contributed by atoms with Crippen LogP contribution < -0.4 is 4.90 Å². The predicted octanol–water partition coefficient (Wildman–Crippen LogP) is 12.8. The summed E-state index contributed by atoms with van der Waals surface area (Å²) >= 11 is 0. The first-order chi connectivity index (χ1) is 23.1. The van der Waals surface area contributed by atoms with Crippen molar-refractivity contribution in [3.05, 3.63) is 198 Å². The Balaban J connectivity index is 1.25. The maximum atomic E-state index is 2.36. The summed E-state index contributed by atoms with van der Waals surface area (Å²) in [6.07, 6.45) is 2.30. The van der Waals surface area contributed by atoms with Crippen molar-refractivity contribution in [3.8, 4) is 0 Å². The highest BCUT2D eigenvalue weighted by Gasteiger charge is 2.15. The van der Waals surface area contributed by atoms with E-state index in [-0.39, 0.29) is 0 Å². The molecule has 0 spiro atoms. The van der Waals surface area contributed by atoms with Gasteiger partial charge < -0.3 is 4.90 Å². The molecule has 8 rings (SSSR count). The van der Waals surface area contributed by atoms with Crippen molar-refractivity contribution in [2.24, 2.45) is 0 Å². The molecule has 0 aliphatic heterocycles. The van der Waals surface area contributed by atoms with E-state index in [9.17, 15) is 0 Å². The second-order valence-electron chi connectivity index (χ2n) is 12.4. The molecule has 8 aromatic rings. The summed E-state index contributed by atoms with van der Waals surface area (Å²) in [5.41, 5.74) is 10.7. The number of benzene rings is 8. The molecule has 0 unspecified atom stereocenters. The van der Waals surface area contributed by atoms with Crippen LogP contribution in [0.2, 0.25) is 0 Å². The molecule has 0 aliphatic carbocycles. The van der Waals surface area contributed by atoms with Crippen molar-refractivity contribution in [2.45, 2.75) is 13.8 Å². The molecule has 0 atom stereocenters. The fraction of sp³-hybridized carbons (Fsp3) is 0.0435. The third-order valence-corrected chi connectivity index (χ3v) is 9.19. The third-order valence-electron chi connectivity index (χ3n) is 9.19. The van der Waals surface area contributed by atoms with Gasteiger partial charge in [0.05, 0.1) is 0 Å². The highest BCUT2D eigenvalue weighted by molar-refractivity contribution is 6.25. The molecular formula is C46H35N. The lowest BCUT2D eigenvalue weighted by Gasteiger charge is -2.26. The van der Waals surface area contributed by atoms with Crippen LogP contribution in [0.1, 0.15) is 27.8 Å². The third kappa shape index (κ3) is 5.47. The Labute approximate surface area is 276 Å². The van der Waals surface area contributed by atoms with E-state index in [1.54, 1.807) is 0 Å². The largest absolute Gasteiger partial charge is 0.310 e. The van der Waals surface area contributed by atoms with Gasteiger partial charge in [-0.05, 0) is 111 Å². The average molecular weight is 602 g/mol. The number of aryl methyl sites for hydroxylation is 2. The van der Waals surface area contributed by atoms with Gasteiger partial charge in [0.25, 0.3) is 0 Å². The van der Waals surface area contributed by atoms with Crippen LogP contribution in [0.25, 0.3) is 44.0 Å². The molecule has 47 heavy (non-hydrogen) atoms. The number of hydrogen-bond acceptors (Lipinski definition) is 1. The minimum absolute atomic E-state index is 1.12. The second kappa shape index (κ2) is 12.1. The molecule has 1 heteroatoms. The first-order valence-electron chi connectivity index (χ1n) is 16.3. The van der Waals surface area contributed by atoms with Crippen LogP contribution in [0.15, 0.2) is 170 Å². The highest BCUT2D eigenvalue weighted by Crippen LogP contribution is 2.41. The molecule has 0 radical (unpaired) electrons. The molecule has 0 N–H and O–H groups in total. The van der Waals surface area contributed by atoms with Crippen molar-refractivity contribution >= 4 is 61.0 Å². The topological polar surface area (TPSA) is 3.24 Å². The number of fused-ring (bicyclic) bond motifs is 6. The quantitative estimate of drug-likeness (QED) is 0.135. The van der Waals surface area contributed by atoms with Crippen molar-refractivity contribution in [1.82, 2.24) is 0 Å². The van der Waals surface area contributed by atoms with E-state index < -0.39 is 0 Å². The number of rotatable bonds is 6. The Morgan fingerprint density at radius 1 is 0.383 bits per heavy atom. The molecule has 0 heterocycles. The summed E-state index contributed by atoms with van der Waals surface area (Å²) in [7, 11) is 0. The molecule has 0 aliphatic rings. The normalized spacial score (nSPS) is 11.2. The Bertz CT molecular complexity index is 2300. The fourth-order valence-electron chi connectivity index (χ4n) is 6.74. The summed E-state index contributed by atoms with van der Waals surface area (Å²) < 4.78 is 0. The van der Waals surface area contributed by atoms with Crippen molar-refractivity contribution in [1.29, 1.82) is 0 Å². The van der Waals surface area contributed by atoms with E-state index >= 15 is 0 Å². The van der Waals surface area contributed by atoms with Gasteiger partial charge in [-0.15, -0.1) is 0 Å². The molecule has 1 nitrogen and oxygen atoms in total. The smallest absolute Gasteiger partial charge is 0.0468 e. The maximum absolute atomic E-state index is 2.36. The Hall–Kier alpha value is -5.92. The van der Waals surface area contributed by atoms with Crippen molar-refractivity contribution in [2.75, 3.05) is 4.90 Å². The zero-order valence-electron chi connectivity index (χ0n) is 26.7. The van der Waals surface area contributed by atoms with Gasteiger partial charge >= 0.3 is 0 Å². The highest BCUT2D eigenvalue weighted by atomic mass is 15.1. The average Bonchev–Trinajstić information content (AvgIpc) is 3.13. The van der Waals surface area contributed by atoms with E-state index in [4.69, 9.17) is 0 Å². The van der Waals surface area contributed by atoms with Crippen LogP contribution in [-0.4, -0.2) is 0 Å². The number of hydrogen-bond donors (Lipinski definition) is 0.